The molecule has 102 valence electrons. The van der Waals surface area contributed by atoms with Crippen LogP contribution < -0.4 is 5.73 Å². The van der Waals surface area contributed by atoms with E-state index in [9.17, 15) is 4.39 Å². The zero-order chi connectivity index (χ0) is 14.4. The number of nitrogens with zero attached hydrogens (tertiary/aromatic N) is 3. The van der Waals surface area contributed by atoms with Crippen LogP contribution in [0.3, 0.4) is 0 Å². The molecule has 0 amide bonds. The molecule has 2 N–H and O–H groups in total. The summed E-state index contributed by atoms with van der Waals surface area (Å²) in [5.41, 5.74) is 7.84. The average Bonchev–Trinajstić information content (AvgIpc) is 2.93. The van der Waals surface area contributed by atoms with Gasteiger partial charge in [-0.05, 0) is 23.6 Å². The minimum atomic E-state index is -0.263. The number of halogens is 1. The summed E-state index contributed by atoms with van der Waals surface area (Å²) in [4.78, 5) is 4.20. The van der Waals surface area contributed by atoms with Gasteiger partial charge in [-0.1, -0.05) is 24.3 Å². The third kappa shape index (κ3) is 1.82. The molecular weight excluding hydrogens is 267 g/mol. The van der Waals surface area contributed by atoms with Crippen LogP contribution in [0, 0.1) is 5.82 Å². The SMILES string of the molecule is Nc1ccnc2cc(-c3cc(F)c4ccccc4c3)nn12. The van der Waals surface area contributed by atoms with Crippen LogP contribution in [-0.2, 0) is 0 Å². The van der Waals surface area contributed by atoms with E-state index in [0.717, 1.165) is 5.39 Å². The summed E-state index contributed by atoms with van der Waals surface area (Å²) in [7, 11) is 0. The lowest BCUT2D eigenvalue weighted by Crippen LogP contribution is -1.98. The molecule has 4 rings (SSSR count). The number of nitrogens with two attached hydrogens (primary N) is 1. The predicted molar refractivity (Wildman–Crippen MR) is 80.3 cm³/mol. The van der Waals surface area contributed by atoms with Gasteiger partial charge in [-0.15, -0.1) is 0 Å². The van der Waals surface area contributed by atoms with Gasteiger partial charge in [0.2, 0.25) is 0 Å². The summed E-state index contributed by atoms with van der Waals surface area (Å²) in [6, 6.07) is 14.2. The summed E-state index contributed by atoms with van der Waals surface area (Å²) in [5, 5.41) is 5.83. The Balaban J connectivity index is 1.97. The highest BCUT2D eigenvalue weighted by atomic mass is 19.1. The van der Waals surface area contributed by atoms with E-state index in [1.54, 1.807) is 28.9 Å². The Kier molecular flexibility index (Phi) is 2.41. The topological polar surface area (TPSA) is 56.2 Å². The smallest absolute Gasteiger partial charge is 0.157 e. The van der Waals surface area contributed by atoms with Crippen LogP contribution in [0.15, 0.2) is 54.7 Å². The number of anilines is 1. The van der Waals surface area contributed by atoms with Gasteiger partial charge in [0.05, 0.1) is 5.69 Å². The van der Waals surface area contributed by atoms with Gasteiger partial charge in [-0.25, -0.2) is 9.37 Å². The molecule has 0 fully saturated rings. The summed E-state index contributed by atoms with van der Waals surface area (Å²) in [6.07, 6.45) is 1.62. The zero-order valence-corrected chi connectivity index (χ0v) is 11.0. The Morgan fingerprint density at radius 1 is 1.05 bits per heavy atom. The molecular formula is C16H11FN4. The number of fused-ring (bicyclic) bond motifs is 2. The Labute approximate surface area is 119 Å². The first kappa shape index (κ1) is 11.8. The first-order valence-corrected chi connectivity index (χ1v) is 6.51. The fourth-order valence-electron chi connectivity index (χ4n) is 2.47. The van der Waals surface area contributed by atoms with E-state index in [1.807, 2.05) is 24.3 Å². The van der Waals surface area contributed by atoms with Gasteiger partial charge in [0, 0.05) is 23.2 Å². The molecule has 0 saturated carbocycles. The molecule has 5 heteroatoms. The van der Waals surface area contributed by atoms with E-state index in [0.29, 0.717) is 28.1 Å². The van der Waals surface area contributed by atoms with E-state index in [1.165, 1.54) is 6.07 Å². The Morgan fingerprint density at radius 3 is 2.76 bits per heavy atom. The van der Waals surface area contributed by atoms with Crippen molar-refractivity contribution in [2.75, 3.05) is 5.73 Å². The zero-order valence-electron chi connectivity index (χ0n) is 11.0. The molecule has 2 aromatic heterocycles. The van der Waals surface area contributed by atoms with Gasteiger partial charge < -0.3 is 5.73 Å². The maximum atomic E-state index is 14.2. The highest BCUT2D eigenvalue weighted by molar-refractivity contribution is 5.87. The molecule has 21 heavy (non-hydrogen) atoms. The number of hydrogen-bond acceptors (Lipinski definition) is 3. The third-order valence-corrected chi connectivity index (χ3v) is 3.49. The van der Waals surface area contributed by atoms with Crippen LogP contribution in [0.2, 0.25) is 0 Å². The van der Waals surface area contributed by atoms with Crippen molar-refractivity contribution < 1.29 is 4.39 Å². The fourth-order valence-corrected chi connectivity index (χ4v) is 2.47. The van der Waals surface area contributed by atoms with Gasteiger partial charge in [0.1, 0.15) is 11.6 Å². The first-order chi connectivity index (χ1) is 10.2. The van der Waals surface area contributed by atoms with Gasteiger partial charge in [-0.2, -0.15) is 9.61 Å². The normalized spacial score (nSPS) is 11.3. The Morgan fingerprint density at radius 2 is 1.90 bits per heavy atom. The van der Waals surface area contributed by atoms with E-state index in [-0.39, 0.29) is 5.82 Å². The van der Waals surface area contributed by atoms with Crippen LogP contribution in [0.25, 0.3) is 27.7 Å². The molecule has 0 aliphatic carbocycles. The number of benzene rings is 2. The van der Waals surface area contributed by atoms with E-state index in [4.69, 9.17) is 5.73 Å². The van der Waals surface area contributed by atoms with Crippen molar-refractivity contribution in [3.8, 4) is 11.3 Å². The second-order valence-electron chi connectivity index (χ2n) is 4.85. The summed E-state index contributed by atoms with van der Waals surface area (Å²) in [6.45, 7) is 0. The number of rotatable bonds is 1. The minimum Gasteiger partial charge on any atom is -0.384 e. The number of aromatic nitrogens is 3. The largest absolute Gasteiger partial charge is 0.384 e. The van der Waals surface area contributed by atoms with Crippen LogP contribution in [0.1, 0.15) is 0 Å². The molecule has 4 aromatic rings. The van der Waals surface area contributed by atoms with Gasteiger partial charge in [-0.3, -0.25) is 0 Å². The molecule has 2 aromatic carbocycles. The standard InChI is InChI=1S/C16H11FN4/c17-13-8-11(7-10-3-1-2-4-12(10)13)14-9-16-19-6-5-15(18)21(16)20-14/h1-9H,18H2. The lowest BCUT2D eigenvalue weighted by Gasteiger charge is -2.02. The molecule has 0 aliphatic rings. The van der Waals surface area contributed by atoms with Crippen LogP contribution in [0.5, 0.6) is 0 Å². The molecule has 2 heterocycles. The highest BCUT2D eigenvalue weighted by Gasteiger charge is 2.10. The van der Waals surface area contributed by atoms with E-state index >= 15 is 0 Å². The lowest BCUT2D eigenvalue weighted by molar-refractivity contribution is 0.640. The van der Waals surface area contributed by atoms with Crippen LogP contribution >= 0.6 is 0 Å². The van der Waals surface area contributed by atoms with Gasteiger partial charge in [0.15, 0.2) is 5.65 Å². The average molecular weight is 278 g/mol. The predicted octanol–water partition coefficient (Wildman–Crippen LogP) is 3.27. The molecule has 0 bridgehead atoms. The maximum Gasteiger partial charge on any atom is 0.157 e. The molecule has 0 radical (unpaired) electrons. The first-order valence-electron chi connectivity index (χ1n) is 6.51. The number of hydrogen-bond donors (Lipinski definition) is 1. The highest BCUT2D eigenvalue weighted by Crippen LogP contribution is 2.27. The molecule has 0 saturated heterocycles. The lowest BCUT2D eigenvalue weighted by atomic mass is 10.0. The van der Waals surface area contributed by atoms with Crippen molar-refractivity contribution >= 4 is 22.2 Å². The molecule has 0 unspecified atom stereocenters. The Bertz CT molecular complexity index is 975. The van der Waals surface area contributed by atoms with E-state index < -0.39 is 0 Å². The maximum absolute atomic E-state index is 14.2. The van der Waals surface area contributed by atoms with Crippen molar-refractivity contribution in [1.82, 2.24) is 14.6 Å². The Hall–Kier alpha value is -2.95. The third-order valence-electron chi connectivity index (χ3n) is 3.49. The van der Waals surface area contributed by atoms with E-state index in [2.05, 4.69) is 10.1 Å². The minimum absolute atomic E-state index is 0.263. The van der Waals surface area contributed by atoms with Gasteiger partial charge in [0.25, 0.3) is 0 Å². The summed E-state index contributed by atoms with van der Waals surface area (Å²) >= 11 is 0. The molecule has 0 atom stereocenters. The van der Waals surface area contributed by atoms with Crippen molar-refractivity contribution in [1.29, 1.82) is 0 Å². The van der Waals surface area contributed by atoms with Crippen molar-refractivity contribution in [2.24, 2.45) is 0 Å². The van der Waals surface area contributed by atoms with Gasteiger partial charge >= 0.3 is 0 Å². The quantitative estimate of drug-likeness (QED) is 0.581. The summed E-state index contributed by atoms with van der Waals surface area (Å²) < 4.78 is 15.7. The molecule has 0 spiro atoms. The monoisotopic (exact) mass is 278 g/mol. The van der Waals surface area contributed by atoms with Crippen LogP contribution in [-0.4, -0.2) is 14.6 Å². The molecule has 4 nitrogen and oxygen atoms in total. The number of nitrogen functional groups attached to an aromatic ring is 1. The second-order valence-corrected chi connectivity index (χ2v) is 4.85. The molecule has 0 aliphatic heterocycles. The summed E-state index contributed by atoms with van der Waals surface area (Å²) in [5.74, 6) is 0.230. The fraction of sp³-hybridized carbons (Fsp3) is 0. The van der Waals surface area contributed by atoms with Crippen molar-refractivity contribution in [3.05, 3.63) is 60.5 Å². The van der Waals surface area contributed by atoms with Crippen LogP contribution in [0.4, 0.5) is 10.2 Å². The van der Waals surface area contributed by atoms with Crippen molar-refractivity contribution in [3.63, 3.8) is 0 Å². The van der Waals surface area contributed by atoms with Crippen molar-refractivity contribution in [2.45, 2.75) is 0 Å². The second kappa shape index (κ2) is 4.28.